The molecule has 0 fully saturated rings. The number of nitrogens with zero attached hydrogens (tertiary/aromatic N) is 1. The first-order valence-electron chi connectivity index (χ1n) is 6.62. The highest BCUT2D eigenvalue weighted by Gasteiger charge is 2.26. The Morgan fingerprint density at radius 1 is 1.05 bits per heavy atom. The fourth-order valence-electron chi connectivity index (χ4n) is 2.04. The van der Waals surface area contributed by atoms with Gasteiger partial charge in [-0.05, 0) is 28.5 Å². The van der Waals surface area contributed by atoms with Gasteiger partial charge in [0.15, 0.2) is 0 Å². The Hall–Kier alpha value is -1.84. The maximum atomic E-state index is 10.5. The van der Waals surface area contributed by atoms with Crippen LogP contribution in [0.3, 0.4) is 0 Å². The molecule has 0 aromatic heterocycles. The van der Waals surface area contributed by atoms with Gasteiger partial charge in [0.25, 0.3) is 0 Å². The van der Waals surface area contributed by atoms with E-state index in [1.165, 1.54) is 6.08 Å². The Kier molecular flexibility index (Phi) is 4.27. The summed E-state index contributed by atoms with van der Waals surface area (Å²) in [6.07, 6.45) is 2.38. The number of phenols is 1. The van der Waals surface area contributed by atoms with Gasteiger partial charge in [0, 0.05) is 17.2 Å². The second-order valence-corrected chi connectivity index (χ2v) is 7.07. The van der Waals surface area contributed by atoms with Crippen LogP contribution in [-0.2, 0) is 10.8 Å². The van der Waals surface area contributed by atoms with E-state index in [1.54, 1.807) is 0 Å². The van der Waals surface area contributed by atoms with Gasteiger partial charge in [-0.1, -0.05) is 41.5 Å². The number of phenolic OH excluding ortho intramolecular Hbond substituents is 1. The van der Waals surface area contributed by atoms with Crippen LogP contribution in [0.4, 0.5) is 0 Å². The third-order valence-electron chi connectivity index (χ3n) is 3.14. The minimum absolute atomic E-state index is 0.234. The van der Waals surface area contributed by atoms with Gasteiger partial charge in [0.2, 0.25) is 6.20 Å². The first kappa shape index (κ1) is 16.2. The van der Waals surface area contributed by atoms with E-state index in [1.807, 2.05) is 53.7 Å². The molecule has 0 aliphatic rings. The van der Waals surface area contributed by atoms with E-state index < -0.39 is 4.92 Å². The highest BCUT2D eigenvalue weighted by molar-refractivity contribution is 5.58. The molecule has 110 valence electrons. The number of benzene rings is 1. The summed E-state index contributed by atoms with van der Waals surface area (Å²) in [5.74, 6) is 0.281. The van der Waals surface area contributed by atoms with Crippen molar-refractivity contribution in [3.05, 3.63) is 45.1 Å². The summed E-state index contributed by atoms with van der Waals surface area (Å²) in [6, 6.07) is 3.62. The second kappa shape index (κ2) is 5.27. The Balaban J connectivity index is 3.54. The van der Waals surface area contributed by atoms with E-state index in [0.29, 0.717) is 0 Å². The van der Waals surface area contributed by atoms with Crippen molar-refractivity contribution in [2.75, 3.05) is 0 Å². The van der Waals surface area contributed by atoms with Gasteiger partial charge in [-0.3, -0.25) is 10.1 Å². The van der Waals surface area contributed by atoms with E-state index in [-0.39, 0.29) is 16.6 Å². The molecule has 0 saturated carbocycles. The minimum Gasteiger partial charge on any atom is -0.507 e. The summed E-state index contributed by atoms with van der Waals surface area (Å²) >= 11 is 0. The lowest BCUT2D eigenvalue weighted by Crippen LogP contribution is -2.17. The van der Waals surface area contributed by atoms with E-state index in [0.717, 1.165) is 22.9 Å². The molecule has 0 amide bonds. The summed E-state index contributed by atoms with van der Waals surface area (Å²) in [5.41, 5.74) is 1.86. The van der Waals surface area contributed by atoms with Crippen molar-refractivity contribution in [1.82, 2.24) is 0 Å². The zero-order valence-electron chi connectivity index (χ0n) is 13.0. The van der Waals surface area contributed by atoms with Gasteiger partial charge in [-0.15, -0.1) is 0 Å². The van der Waals surface area contributed by atoms with Gasteiger partial charge in [-0.25, -0.2) is 0 Å². The molecule has 0 atom stereocenters. The van der Waals surface area contributed by atoms with Crippen molar-refractivity contribution < 1.29 is 10.0 Å². The quantitative estimate of drug-likeness (QED) is 0.649. The van der Waals surface area contributed by atoms with Crippen LogP contribution in [-0.4, -0.2) is 10.0 Å². The van der Waals surface area contributed by atoms with Gasteiger partial charge < -0.3 is 5.11 Å². The molecular formula is C16H23NO3. The Morgan fingerprint density at radius 3 is 1.75 bits per heavy atom. The van der Waals surface area contributed by atoms with Crippen LogP contribution in [0.2, 0.25) is 0 Å². The first-order valence-corrected chi connectivity index (χ1v) is 6.62. The van der Waals surface area contributed by atoms with Gasteiger partial charge >= 0.3 is 0 Å². The molecule has 0 aliphatic carbocycles. The van der Waals surface area contributed by atoms with E-state index in [2.05, 4.69) is 0 Å². The van der Waals surface area contributed by atoms with Crippen LogP contribution in [0.15, 0.2) is 18.3 Å². The second-order valence-electron chi connectivity index (χ2n) is 7.07. The number of nitro groups is 1. The topological polar surface area (TPSA) is 63.4 Å². The van der Waals surface area contributed by atoms with E-state index >= 15 is 0 Å². The molecule has 0 unspecified atom stereocenters. The molecule has 1 aromatic rings. The summed E-state index contributed by atoms with van der Waals surface area (Å²) in [5, 5.41) is 21.0. The largest absolute Gasteiger partial charge is 0.507 e. The van der Waals surface area contributed by atoms with Crippen LogP contribution in [0, 0.1) is 10.1 Å². The summed E-state index contributed by atoms with van der Waals surface area (Å²) in [7, 11) is 0. The van der Waals surface area contributed by atoms with Crippen LogP contribution in [0.1, 0.15) is 58.2 Å². The average Bonchev–Trinajstić information content (AvgIpc) is 2.24. The van der Waals surface area contributed by atoms with Crippen molar-refractivity contribution >= 4 is 6.08 Å². The standard InChI is InChI=1S/C16H23NO3/c1-15(2,3)12-9-11(7-8-17(19)20)10-13(14(12)18)16(4,5)6/h7-10,18H,1-6H3. The number of hydrogen-bond acceptors (Lipinski definition) is 3. The lowest BCUT2D eigenvalue weighted by molar-refractivity contribution is -0.400. The van der Waals surface area contributed by atoms with Crippen LogP contribution < -0.4 is 0 Å². The zero-order valence-corrected chi connectivity index (χ0v) is 13.0. The molecule has 0 heterocycles. The van der Waals surface area contributed by atoms with Crippen molar-refractivity contribution in [1.29, 1.82) is 0 Å². The molecule has 1 rings (SSSR count). The molecule has 0 bridgehead atoms. The van der Waals surface area contributed by atoms with Crippen molar-refractivity contribution in [3.8, 4) is 5.75 Å². The maximum Gasteiger partial charge on any atom is 0.235 e. The monoisotopic (exact) mass is 277 g/mol. The van der Waals surface area contributed by atoms with Gasteiger partial charge in [0.05, 0.1) is 4.92 Å². The predicted octanol–water partition coefficient (Wildman–Crippen LogP) is 4.23. The summed E-state index contributed by atoms with van der Waals surface area (Å²) in [4.78, 5) is 9.99. The fraction of sp³-hybridized carbons (Fsp3) is 0.500. The number of aromatic hydroxyl groups is 1. The van der Waals surface area contributed by atoms with Crippen molar-refractivity contribution in [2.24, 2.45) is 0 Å². The normalized spacial score (nSPS) is 12.9. The molecule has 0 aliphatic heterocycles. The number of hydrogen-bond donors (Lipinski definition) is 1. The van der Waals surface area contributed by atoms with Gasteiger partial charge in [0.1, 0.15) is 5.75 Å². The molecule has 4 nitrogen and oxygen atoms in total. The summed E-state index contributed by atoms with van der Waals surface area (Å²) in [6.45, 7) is 12.1. The molecular weight excluding hydrogens is 254 g/mol. The molecule has 0 spiro atoms. The smallest absolute Gasteiger partial charge is 0.235 e. The molecule has 4 heteroatoms. The summed E-state index contributed by atoms with van der Waals surface area (Å²) < 4.78 is 0. The highest BCUT2D eigenvalue weighted by atomic mass is 16.6. The van der Waals surface area contributed by atoms with Crippen LogP contribution >= 0.6 is 0 Å². The lowest BCUT2D eigenvalue weighted by Gasteiger charge is -2.27. The molecule has 1 N–H and O–H groups in total. The van der Waals surface area contributed by atoms with E-state index in [4.69, 9.17) is 0 Å². The average molecular weight is 277 g/mol. The highest BCUT2D eigenvalue weighted by Crippen LogP contribution is 2.39. The molecule has 20 heavy (non-hydrogen) atoms. The maximum absolute atomic E-state index is 10.5. The lowest BCUT2D eigenvalue weighted by atomic mass is 9.78. The van der Waals surface area contributed by atoms with Crippen molar-refractivity contribution in [3.63, 3.8) is 0 Å². The Bertz CT molecular complexity index is 511. The third kappa shape index (κ3) is 3.83. The third-order valence-corrected chi connectivity index (χ3v) is 3.14. The van der Waals surface area contributed by atoms with Crippen LogP contribution in [0.25, 0.3) is 6.08 Å². The first-order chi connectivity index (χ1) is 8.93. The zero-order chi connectivity index (χ0) is 15.7. The molecule has 0 radical (unpaired) electrons. The van der Waals surface area contributed by atoms with Crippen LogP contribution in [0.5, 0.6) is 5.75 Å². The fourth-order valence-corrected chi connectivity index (χ4v) is 2.04. The predicted molar refractivity (Wildman–Crippen MR) is 81.5 cm³/mol. The number of rotatable bonds is 2. The van der Waals surface area contributed by atoms with Crippen molar-refractivity contribution in [2.45, 2.75) is 52.4 Å². The minimum atomic E-state index is -0.486. The molecule has 1 aromatic carbocycles. The SMILES string of the molecule is CC(C)(C)c1cc(C=C[N+](=O)[O-])cc(C(C)(C)C)c1O. The molecule has 0 saturated heterocycles. The van der Waals surface area contributed by atoms with E-state index in [9.17, 15) is 15.2 Å². The Morgan fingerprint density at radius 2 is 1.45 bits per heavy atom. The van der Waals surface area contributed by atoms with Gasteiger partial charge in [-0.2, -0.15) is 0 Å². The Labute approximate surface area is 120 Å².